The molecule has 0 radical (unpaired) electrons. The van der Waals surface area contributed by atoms with E-state index < -0.39 is 0 Å². The Morgan fingerprint density at radius 1 is 1.06 bits per heavy atom. The molecule has 3 nitrogen and oxygen atoms in total. The van der Waals surface area contributed by atoms with Gasteiger partial charge in [0, 0.05) is 5.39 Å². The second kappa shape index (κ2) is 2.80. The Kier molecular flexibility index (Phi) is 1.44. The summed E-state index contributed by atoms with van der Waals surface area (Å²) in [4.78, 5) is 5.18. The van der Waals surface area contributed by atoms with Crippen LogP contribution in [0.4, 0.5) is 0 Å². The quantitative estimate of drug-likeness (QED) is 0.460. The summed E-state index contributed by atoms with van der Waals surface area (Å²) in [5.74, 6) is 0. The van der Waals surface area contributed by atoms with E-state index in [1.165, 1.54) is 15.5 Å². The number of nitrogens with zero attached hydrogens (tertiary/aromatic N) is 3. The van der Waals surface area contributed by atoms with Gasteiger partial charge < -0.3 is 0 Å². The lowest BCUT2D eigenvalue weighted by Gasteiger charge is -1.98. The van der Waals surface area contributed by atoms with Crippen LogP contribution in [-0.2, 0) is 0 Å². The van der Waals surface area contributed by atoms with Gasteiger partial charge in [0.1, 0.15) is 6.33 Å². The summed E-state index contributed by atoms with van der Waals surface area (Å²) >= 11 is 1.67. The van der Waals surface area contributed by atoms with Crippen LogP contribution in [0, 0.1) is 0 Å². The first-order chi connectivity index (χ1) is 7.93. The van der Waals surface area contributed by atoms with Crippen LogP contribution in [-0.4, -0.2) is 14.6 Å². The van der Waals surface area contributed by atoms with Crippen molar-refractivity contribution in [2.45, 2.75) is 0 Å². The van der Waals surface area contributed by atoms with Gasteiger partial charge in [0.15, 0.2) is 0 Å². The first-order valence-electron chi connectivity index (χ1n) is 5.03. The highest BCUT2D eigenvalue weighted by atomic mass is 32.1. The van der Waals surface area contributed by atoms with E-state index in [0.717, 1.165) is 10.5 Å². The molecule has 4 heteroatoms. The Bertz CT molecular complexity index is 813. The zero-order chi connectivity index (χ0) is 10.5. The van der Waals surface area contributed by atoms with Gasteiger partial charge in [0.25, 0.3) is 0 Å². The minimum Gasteiger partial charge on any atom is -0.206 e. The monoisotopic (exact) mass is 225 g/mol. The van der Waals surface area contributed by atoms with Crippen molar-refractivity contribution < 1.29 is 0 Å². The number of hydrogen-bond acceptors (Lipinski definition) is 3. The Labute approximate surface area is 95.0 Å². The van der Waals surface area contributed by atoms with Crippen molar-refractivity contribution in [2.24, 2.45) is 0 Å². The molecule has 0 aliphatic rings. The minimum atomic E-state index is 0.950. The van der Waals surface area contributed by atoms with E-state index in [1.54, 1.807) is 17.7 Å². The van der Waals surface area contributed by atoms with Crippen LogP contribution in [0.5, 0.6) is 0 Å². The normalized spacial score (nSPS) is 11.8. The molecule has 0 aliphatic heterocycles. The van der Waals surface area contributed by atoms with E-state index in [4.69, 9.17) is 0 Å². The van der Waals surface area contributed by atoms with Gasteiger partial charge in [-0.15, -0.1) is 0 Å². The SMILES string of the molecule is c1ccc2c(c1)ccc1sc3ncnn3c12. The van der Waals surface area contributed by atoms with Gasteiger partial charge in [-0.1, -0.05) is 41.7 Å². The zero-order valence-corrected chi connectivity index (χ0v) is 9.11. The maximum Gasteiger partial charge on any atom is 0.213 e. The minimum absolute atomic E-state index is 0.950. The third-order valence-corrected chi connectivity index (χ3v) is 3.80. The Hall–Kier alpha value is -1.94. The third kappa shape index (κ3) is 0.919. The number of hydrogen-bond donors (Lipinski definition) is 0. The van der Waals surface area contributed by atoms with E-state index in [2.05, 4.69) is 46.5 Å². The lowest BCUT2D eigenvalue weighted by atomic mass is 10.1. The van der Waals surface area contributed by atoms with Crippen molar-refractivity contribution in [3.8, 4) is 0 Å². The lowest BCUT2D eigenvalue weighted by molar-refractivity contribution is 1.02. The molecule has 2 heterocycles. The summed E-state index contributed by atoms with van der Waals surface area (Å²) in [6.45, 7) is 0. The van der Waals surface area contributed by atoms with E-state index in [9.17, 15) is 0 Å². The molecule has 16 heavy (non-hydrogen) atoms. The van der Waals surface area contributed by atoms with Crippen LogP contribution in [0.3, 0.4) is 0 Å². The predicted molar refractivity (Wildman–Crippen MR) is 65.9 cm³/mol. The highest BCUT2D eigenvalue weighted by Gasteiger charge is 2.09. The molecule has 0 N–H and O–H groups in total. The van der Waals surface area contributed by atoms with Crippen LogP contribution < -0.4 is 0 Å². The number of fused-ring (bicyclic) bond motifs is 5. The van der Waals surface area contributed by atoms with Gasteiger partial charge in [-0.05, 0) is 11.5 Å². The molecular formula is C12H7N3S. The molecule has 0 atom stereocenters. The molecule has 0 aliphatic carbocycles. The Morgan fingerprint density at radius 3 is 3.00 bits per heavy atom. The molecule has 0 fully saturated rings. The molecule has 4 rings (SSSR count). The molecule has 2 aromatic heterocycles. The van der Waals surface area contributed by atoms with Gasteiger partial charge in [0.2, 0.25) is 4.96 Å². The summed E-state index contributed by atoms with van der Waals surface area (Å²) in [5.41, 5.74) is 1.16. The van der Waals surface area contributed by atoms with E-state index in [1.807, 2.05) is 4.52 Å². The molecule has 0 spiro atoms. The molecule has 0 saturated heterocycles. The van der Waals surface area contributed by atoms with Crippen LogP contribution >= 0.6 is 11.3 Å². The van der Waals surface area contributed by atoms with Crippen LogP contribution in [0.2, 0.25) is 0 Å². The van der Waals surface area contributed by atoms with Crippen molar-refractivity contribution in [3.63, 3.8) is 0 Å². The largest absolute Gasteiger partial charge is 0.213 e. The average molecular weight is 225 g/mol. The van der Waals surface area contributed by atoms with Gasteiger partial charge in [-0.25, -0.2) is 9.50 Å². The van der Waals surface area contributed by atoms with Crippen LogP contribution in [0.25, 0.3) is 25.9 Å². The molecule has 2 aromatic carbocycles. The molecule has 0 saturated carbocycles. The maximum atomic E-state index is 4.27. The van der Waals surface area contributed by atoms with Crippen molar-refractivity contribution >= 4 is 37.3 Å². The smallest absolute Gasteiger partial charge is 0.206 e. The van der Waals surface area contributed by atoms with Crippen LogP contribution in [0.1, 0.15) is 0 Å². The zero-order valence-electron chi connectivity index (χ0n) is 8.29. The maximum absolute atomic E-state index is 4.27. The Morgan fingerprint density at radius 2 is 2.00 bits per heavy atom. The first-order valence-corrected chi connectivity index (χ1v) is 5.85. The fourth-order valence-corrected chi connectivity index (χ4v) is 3.04. The summed E-state index contributed by atoms with van der Waals surface area (Å²) < 4.78 is 3.15. The molecule has 76 valence electrons. The number of aromatic nitrogens is 3. The van der Waals surface area contributed by atoms with E-state index in [-0.39, 0.29) is 0 Å². The fraction of sp³-hybridized carbons (Fsp3) is 0. The first kappa shape index (κ1) is 8.24. The molecule has 0 unspecified atom stereocenters. The lowest BCUT2D eigenvalue weighted by Crippen LogP contribution is -1.83. The standard InChI is InChI=1S/C12H7N3S/c1-2-4-9-8(3-1)5-6-10-11(9)15-12(16-10)13-7-14-15/h1-7H. The van der Waals surface area contributed by atoms with Crippen molar-refractivity contribution in [1.82, 2.24) is 14.6 Å². The van der Waals surface area contributed by atoms with Crippen molar-refractivity contribution in [1.29, 1.82) is 0 Å². The average Bonchev–Trinajstić information content (AvgIpc) is 2.88. The summed E-state index contributed by atoms with van der Waals surface area (Å²) in [7, 11) is 0. The van der Waals surface area contributed by atoms with Crippen LogP contribution in [0.15, 0.2) is 42.7 Å². The van der Waals surface area contributed by atoms with Crippen molar-refractivity contribution in [3.05, 3.63) is 42.7 Å². The molecule has 0 amide bonds. The van der Waals surface area contributed by atoms with Gasteiger partial charge in [0.05, 0.1) is 10.2 Å². The second-order valence-electron chi connectivity index (χ2n) is 3.69. The van der Waals surface area contributed by atoms with Gasteiger partial charge in [-0.3, -0.25) is 0 Å². The highest BCUT2D eigenvalue weighted by Crippen LogP contribution is 2.30. The summed E-state index contributed by atoms with van der Waals surface area (Å²) in [6.07, 6.45) is 1.60. The van der Waals surface area contributed by atoms with E-state index in [0.29, 0.717) is 0 Å². The van der Waals surface area contributed by atoms with E-state index >= 15 is 0 Å². The summed E-state index contributed by atoms with van der Waals surface area (Å²) in [5, 5.41) is 6.75. The Balaban J connectivity index is 2.41. The van der Waals surface area contributed by atoms with Gasteiger partial charge in [-0.2, -0.15) is 5.10 Å². The molecule has 4 aromatic rings. The van der Waals surface area contributed by atoms with Crippen molar-refractivity contribution in [2.75, 3.05) is 0 Å². The second-order valence-corrected chi connectivity index (χ2v) is 4.70. The fourth-order valence-electron chi connectivity index (χ4n) is 2.09. The molecular weight excluding hydrogens is 218 g/mol. The predicted octanol–water partition coefficient (Wildman–Crippen LogP) is 3.10. The highest BCUT2D eigenvalue weighted by molar-refractivity contribution is 7.23. The number of thiazole rings is 1. The third-order valence-electron chi connectivity index (χ3n) is 2.79. The summed E-state index contributed by atoms with van der Waals surface area (Å²) in [6, 6.07) is 12.6. The van der Waals surface area contributed by atoms with Gasteiger partial charge >= 0.3 is 0 Å². The molecule has 0 bridgehead atoms. The number of benzene rings is 2. The number of rotatable bonds is 0. The topological polar surface area (TPSA) is 30.2 Å².